The zero-order chi connectivity index (χ0) is 14.8. The van der Waals surface area contributed by atoms with E-state index < -0.39 is 5.82 Å². The van der Waals surface area contributed by atoms with Crippen LogP contribution in [0.5, 0.6) is 17.2 Å². The van der Waals surface area contributed by atoms with Crippen LogP contribution in [0.15, 0.2) is 30.3 Å². The number of hydrogen-bond acceptors (Lipinski definition) is 4. The third-order valence-corrected chi connectivity index (χ3v) is 3.37. The molecule has 0 aliphatic carbocycles. The molecule has 3 rings (SSSR count). The Morgan fingerprint density at radius 2 is 2.14 bits per heavy atom. The summed E-state index contributed by atoms with van der Waals surface area (Å²) in [6, 6.07) is 8.17. The van der Waals surface area contributed by atoms with E-state index in [0.717, 1.165) is 5.56 Å². The predicted molar refractivity (Wildman–Crippen MR) is 77.9 cm³/mol. The molecule has 6 heteroatoms. The van der Waals surface area contributed by atoms with Gasteiger partial charge in [0.15, 0.2) is 11.5 Å². The molecule has 1 aliphatic rings. The summed E-state index contributed by atoms with van der Waals surface area (Å²) in [7, 11) is 1.56. The summed E-state index contributed by atoms with van der Waals surface area (Å²) in [6.07, 6.45) is 0. The van der Waals surface area contributed by atoms with Gasteiger partial charge >= 0.3 is 0 Å². The lowest BCUT2D eigenvalue weighted by molar-refractivity contribution is 0.171. The smallest absolute Gasteiger partial charge is 0.231 e. The Balaban J connectivity index is 1.79. The summed E-state index contributed by atoms with van der Waals surface area (Å²) in [4.78, 5) is 0. The van der Waals surface area contributed by atoms with Crippen LogP contribution in [0.3, 0.4) is 0 Å². The van der Waals surface area contributed by atoms with Gasteiger partial charge < -0.3 is 19.5 Å². The largest absolute Gasteiger partial charge is 0.493 e. The van der Waals surface area contributed by atoms with Crippen LogP contribution >= 0.6 is 11.6 Å². The van der Waals surface area contributed by atoms with Gasteiger partial charge in [0.05, 0.1) is 12.8 Å². The predicted octanol–water partition coefficient (Wildman–Crippen LogP) is 3.83. The molecule has 21 heavy (non-hydrogen) atoms. The van der Waals surface area contributed by atoms with Crippen LogP contribution in [-0.2, 0) is 6.54 Å². The molecule has 0 spiro atoms. The van der Waals surface area contributed by atoms with E-state index in [4.69, 9.17) is 25.8 Å². The number of benzene rings is 2. The maximum Gasteiger partial charge on any atom is 0.231 e. The molecule has 0 amide bonds. The molecule has 1 aliphatic heterocycles. The molecule has 0 aromatic heterocycles. The zero-order valence-electron chi connectivity index (χ0n) is 11.3. The van der Waals surface area contributed by atoms with Crippen molar-refractivity contribution in [3.8, 4) is 17.2 Å². The molecule has 1 heterocycles. The number of rotatable bonds is 4. The summed E-state index contributed by atoms with van der Waals surface area (Å²) in [5.41, 5.74) is 1.28. The summed E-state index contributed by atoms with van der Waals surface area (Å²) >= 11 is 5.72. The molecule has 2 aromatic rings. The average molecular weight is 310 g/mol. The van der Waals surface area contributed by atoms with Crippen LogP contribution in [0.2, 0.25) is 5.02 Å². The number of methoxy groups -OCH3 is 1. The summed E-state index contributed by atoms with van der Waals surface area (Å²) in [6.45, 7) is 0.597. The van der Waals surface area contributed by atoms with Gasteiger partial charge in [-0.05, 0) is 35.9 Å². The van der Waals surface area contributed by atoms with Crippen molar-refractivity contribution in [1.29, 1.82) is 0 Å². The number of halogens is 2. The highest BCUT2D eigenvalue weighted by molar-refractivity contribution is 6.30. The molecule has 0 unspecified atom stereocenters. The average Bonchev–Trinajstić information content (AvgIpc) is 2.93. The Hall–Kier alpha value is -2.14. The molecule has 110 valence electrons. The van der Waals surface area contributed by atoms with E-state index in [0.29, 0.717) is 34.5 Å². The maximum atomic E-state index is 13.7. The molecule has 0 saturated carbocycles. The third-order valence-electron chi connectivity index (χ3n) is 3.13. The number of fused-ring (bicyclic) bond motifs is 1. The van der Waals surface area contributed by atoms with Crippen LogP contribution in [-0.4, -0.2) is 13.9 Å². The first kappa shape index (κ1) is 13.8. The van der Waals surface area contributed by atoms with Crippen LogP contribution in [0.4, 0.5) is 10.1 Å². The highest BCUT2D eigenvalue weighted by atomic mass is 35.5. The second kappa shape index (κ2) is 5.69. The molecule has 2 aromatic carbocycles. The molecule has 0 saturated heterocycles. The standard InChI is InChI=1S/C15H13ClFNO3/c1-19-13-4-9(5-14-15(13)21-8-20-14)7-18-12-3-2-10(16)6-11(12)17/h2-6,18H,7-8H2,1H3. The summed E-state index contributed by atoms with van der Waals surface area (Å²) in [5, 5.41) is 3.38. The molecule has 0 bridgehead atoms. The first-order chi connectivity index (χ1) is 10.2. The van der Waals surface area contributed by atoms with E-state index in [1.54, 1.807) is 19.2 Å². The Kier molecular flexibility index (Phi) is 3.75. The monoisotopic (exact) mass is 309 g/mol. The van der Waals surface area contributed by atoms with Gasteiger partial charge in [-0.1, -0.05) is 11.6 Å². The van der Waals surface area contributed by atoms with Gasteiger partial charge in [0.1, 0.15) is 5.82 Å². The fraction of sp³-hybridized carbons (Fsp3) is 0.200. The van der Waals surface area contributed by atoms with Gasteiger partial charge in [0.2, 0.25) is 12.5 Å². The highest BCUT2D eigenvalue weighted by Crippen LogP contribution is 2.41. The topological polar surface area (TPSA) is 39.7 Å². The molecule has 0 atom stereocenters. The molecule has 4 nitrogen and oxygen atoms in total. The minimum atomic E-state index is -0.393. The Bertz CT molecular complexity index is 678. The normalized spacial score (nSPS) is 12.3. The van der Waals surface area contributed by atoms with Crippen molar-refractivity contribution >= 4 is 17.3 Å². The van der Waals surface area contributed by atoms with E-state index in [1.807, 2.05) is 12.1 Å². The first-order valence-corrected chi connectivity index (χ1v) is 6.70. The van der Waals surface area contributed by atoms with Gasteiger partial charge in [-0.15, -0.1) is 0 Å². The van der Waals surface area contributed by atoms with E-state index in [1.165, 1.54) is 6.07 Å². The quantitative estimate of drug-likeness (QED) is 0.932. The Labute approximate surface area is 126 Å². The highest BCUT2D eigenvalue weighted by Gasteiger charge is 2.20. The van der Waals surface area contributed by atoms with Crippen molar-refractivity contribution in [2.24, 2.45) is 0 Å². The minimum absolute atomic E-state index is 0.175. The Morgan fingerprint density at radius 3 is 2.90 bits per heavy atom. The molecular weight excluding hydrogens is 297 g/mol. The second-order valence-corrected chi connectivity index (χ2v) is 4.95. The van der Waals surface area contributed by atoms with Crippen molar-refractivity contribution in [2.45, 2.75) is 6.54 Å². The molecule has 0 radical (unpaired) electrons. The van der Waals surface area contributed by atoms with Gasteiger partial charge in [0.25, 0.3) is 0 Å². The van der Waals surface area contributed by atoms with Crippen LogP contribution in [0.1, 0.15) is 5.56 Å². The van der Waals surface area contributed by atoms with Crippen molar-refractivity contribution in [3.63, 3.8) is 0 Å². The van der Waals surface area contributed by atoms with E-state index in [2.05, 4.69) is 5.32 Å². The lowest BCUT2D eigenvalue weighted by Crippen LogP contribution is -2.02. The van der Waals surface area contributed by atoms with Gasteiger partial charge in [-0.25, -0.2) is 4.39 Å². The number of anilines is 1. The van der Waals surface area contributed by atoms with Gasteiger partial charge in [-0.2, -0.15) is 0 Å². The molecule has 0 fully saturated rings. The summed E-state index contributed by atoms with van der Waals surface area (Å²) in [5.74, 6) is 1.43. The Morgan fingerprint density at radius 1 is 1.29 bits per heavy atom. The number of hydrogen-bond donors (Lipinski definition) is 1. The van der Waals surface area contributed by atoms with Crippen LogP contribution in [0, 0.1) is 5.82 Å². The van der Waals surface area contributed by atoms with Gasteiger partial charge in [-0.3, -0.25) is 0 Å². The van der Waals surface area contributed by atoms with Crippen LogP contribution < -0.4 is 19.5 Å². The first-order valence-electron chi connectivity index (χ1n) is 6.33. The van der Waals surface area contributed by atoms with Crippen molar-refractivity contribution < 1.29 is 18.6 Å². The SMILES string of the molecule is COc1cc(CNc2ccc(Cl)cc2F)cc2c1OCO2. The van der Waals surface area contributed by atoms with Crippen molar-refractivity contribution in [1.82, 2.24) is 0 Å². The van der Waals surface area contributed by atoms with Crippen LogP contribution in [0.25, 0.3) is 0 Å². The lowest BCUT2D eigenvalue weighted by atomic mass is 10.1. The number of ether oxygens (including phenoxy) is 3. The zero-order valence-corrected chi connectivity index (χ0v) is 12.0. The fourth-order valence-corrected chi connectivity index (χ4v) is 2.27. The number of nitrogens with one attached hydrogen (secondary N) is 1. The van der Waals surface area contributed by atoms with Crippen molar-refractivity contribution in [3.05, 3.63) is 46.7 Å². The summed E-state index contributed by atoms with van der Waals surface area (Å²) < 4.78 is 29.6. The molecule has 1 N–H and O–H groups in total. The maximum absolute atomic E-state index is 13.7. The minimum Gasteiger partial charge on any atom is -0.493 e. The van der Waals surface area contributed by atoms with E-state index in [9.17, 15) is 4.39 Å². The second-order valence-electron chi connectivity index (χ2n) is 4.51. The molecular formula is C15H13ClFNO3. The fourth-order valence-electron chi connectivity index (χ4n) is 2.12. The lowest BCUT2D eigenvalue weighted by Gasteiger charge is -2.11. The third kappa shape index (κ3) is 2.83. The van der Waals surface area contributed by atoms with Gasteiger partial charge in [0, 0.05) is 11.6 Å². The van der Waals surface area contributed by atoms with E-state index >= 15 is 0 Å². The van der Waals surface area contributed by atoms with E-state index in [-0.39, 0.29) is 6.79 Å². The van der Waals surface area contributed by atoms with Crippen molar-refractivity contribution in [2.75, 3.05) is 19.2 Å².